The highest BCUT2D eigenvalue weighted by Gasteiger charge is 2.18. The average Bonchev–Trinajstić information content (AvgIpc) is 2.30. The second-order valence-electron chi connectivity index (χ2n) is 3.98. The molecule has 6 nitrogen and oxygen atoms in total. The van der Waals surface area contributed by atoms with E-state index in [4.69, 9.17) is 10.5 Å². The minimum absolute atomic E-state index is 0.156. The van der Waals surface area contributed by atoms with E-state index in [1.54, 1.807) is 0 Å². The van der Waals surface area contributed by atoms with Gasteiger partial charge in [-0.3, -0.25) is 10.1 Å². The highest BCUT2D eigenvalue weighted by atomic mass is 19.1. The van der Waals surface area contributed by atoms with E-state index in [0.717, 1.165) is 6.07 Å². The molecule has 0 aliphatic rings. The van der Waals surface area contributed by atoms with Crippen molar-refractivity contribution in [2.24, 2.45) is 5.73 Å². The fraction of sp³-hybridized carbons (Fsp3) is 0.333. The number of carbonyl (C=O) groups excluding carboxylic acids is 2. The van der Waals surface area contributed by atoms with Gasteiger partial charge in [0.2, 0.25) is 0 Å². The molecule has 0 bridgehead atoms. The van der Waals surface area contributed by atoms with Crippen molar-refractivity contribution in [3.05, 3.63) is 29.6 Å². The zero-order valence-corrected chi connectivity index (χ0v) is 10.5. The number of nitrogens with one attached hydrogen (secondary N) is 1. The number of ether oxygens (including phenoxy) is 1. The smallest absolute Gasteiger partial charge is 0.318 e. The monoisotopic (exact) mass is 270 g/mol. The summed E-state index contributed by atoms with van der Waals surface area (Å²) in [6.07, 6.45) is -1.89. The molecule has 7 heteroatoms. The maximum Gasteiger partial charge on any atom is 0.318 e. The normalized spacial score (nSPS) is 13.5. The quantitative estimate of drug-likeness (QED) is 0.754. The number of primary amides is 1. The van der Waals surface area contributed by atoms with Gasteiger partial charge >= 0.3 is 6.03 Å². The van der Waals surface area contributed by atoms with E-state index >= 15 is 0 Å². The molecule has 0 aliphatic carbocycles. The fourth-order valence-corrected chi connectivity index (χ4v) is 1.34. The SMILES string of the molecule is CC(Oc1ccc([C@@H](C)O)cc1F)C(=O)NC(N)=O. The van der Waals surface area contributed by atoms with E-state index in [1.165, 1.54) is 26.0 Å². The first kappa shape index (κ1) is 14.9. The highest BCUT2D eigenvalue weighted by Crippen LogP contribution is 2.22. The van der Waals surface area contributed by atoms with Crippen molar-refractivity contribution < 1.29 is 23.8 Å². The van der Waals surface area contributed by atoms with E-state index in [2.05, 4.69) is 0 Å². The van der Waals surface area contributed by atoms with Gasteiger partial charge in [0, 0.05) is 0 Å². The van der Waals surface area contributed by atoms with Crippen molar-refractivity contribution in [2.45, 2.75) is 26.1 Å². The van der Waals surface area contributed by atoms with Gasteiger partial charge in [-0.25, -0.2) is 9.18 Å². The maximum absolute atomic E-state index is 13.6. The number of hydrogen-bond acceptors (Lipinski definition) is 4. The largest absolute Gasteiger partial charge is 0.478 e. The Labute approximate surface area is 109 Å². The van der Waals surface area contributed by atoms with Crippen molar-refractivity contribution in [3.63, 3.8) is 0 Å². The summed E-state index contributed by atoms with van der Waals surface area (Å²) in [6, 6.07) is 2.87. The summed E-state index contributed by atoms with van der Waals surface area (Å²) < 4.78 is 18.7. The van der Waals surface area contributed by atoms with Crippen LogP contribution in [0.5, 0.6) is 5.75 Å². The van der Waals surface area contributed by atoms with Crippen LogP contribution in [0.2, 0.25) is 0 Å². The van der Waals surface area contributed by atoms with Gasteiger partial charge in [0.05, 0.1) is 6.10 Å². The molecule has 1 aromatic carbocycles. The molecule has 0 aromatic heterocycles. The van der Waals surface area contributed by atoms with Crippen LogP contribution in [0, 0.1) is 5.82 Å². The zero-order chi connectivity index (χ0) is 14.6. The number of aliphatic hydroxyl groups excluding tert-OH is 1. The predicted octanol–water partition coefficient (Wildman–Crippen LogP) is 0.841. The van der Waals surface area contributed by atoms with E-state index in [-0.39, 0.29) is 5.75 Å². The highest BCUT2D eigenvalue weighted by molar-refractivity contribution is 5.95. The van der Waals surface area contributed by atoms with Crippen LogP contribution in [0.4, 0.5) is 9.18 Å². The molecule has 2 atom stereocenters. The van der Waals surface area contributed by atoms with E-state index in [9.17, 15) is 19.1 Å². The van der Waals surface area contributed by atoms with Crippen LogP contribution in [0.3, 0.4) is 0 Å². The molecule has 19 heavy (non-hydrogen) atoms. The Kier molecular flexibility index (Phi) is 4.82. The number of hydrogen-bond donors (Lipinski definition) is 3. The first-order valence-electron chi connectivity index (χ1n) is 5.55. The molecule has 0 saturated carbocycles. The lowest BCUT2D eigenvalue weighted by Crippen LogP contribution is -2.42. The molecular formula is C12H15FN2O4. The van der Waals surface area contributed by atoms with Gasteiger partial charge < -0.3 is 15.6 Å². The van der Waals surface area contributed by atoms with Crippen LogP contribution in [-0.2, 0) is 4.79 Å². The first-order valence-corrected chi connectivity index (χ1v) is 5.55. The third kappa shape index (κ3) is 4.22. The Morgan fingerprint density at radius 3 is 2.53 bits per heavy atom. The third-order valence-electron chi connectivity index (χ3n) is 2.36. The van der Waals surface area contributed by atoms with Crippen molar-refractivity contribution in [2.75, 3.05) is 0 Å². The molecule has 1 rings (SSSR count). The molecule has 4 N–H and O–H groups in total. The maximum atomic E-state index is 13.6. The number of rotatable bonds is 4. The topological polar surface area (TPSA) is 102 Å². The van der Waals surface area contributed by atoms with Crippen LogP contribution in [0.15, 0.2) is 18.2 Å². The molecule has 0 saturated heterocycles. The predicted molar refractivity (Wildman–Crippen MR) is 64.8 cm³/mol. The van der Waals surface area contributed by atoms with Gasteiger partial charge in [0.1, 0.15) is 0 Å². The first-order chi connectivity index (χ1) is 8.81. The molecular weight excluding hydrogens is 255 g/mol. The van der Waals surface area contributed by atoms with Crippen molar-refractivity contribution in [1.29, 1.82) is 0 Å². The molecule has 0 fully saturated rings. The van der Waals surface area contributed by atoms with E-state index in [1.807, 2.05) is 5.32 Å². The number of halogens is 1. The van der Waals surface area contributed by atoms with Gasteiger partial charge in [0.25, 0.3) is 5.91 Å². The lowest BCUT2D eigenvalue weighted by molar-refractivity contribution is -0.126. The van der Waals surface area contributed by atoms with Crippen LogP contribution >= 0.6 is 0 Å². The summed E-state index contributed by atoms with van der Waals surface area (Å²) >= 11 is 0. The van der Waals surface area contributed by atoms with Gasteiger partial charge in [-0.15, -0.1) is 0 Å². The van der Waals surface area contributed by atoms with Crippen LogP contribution in [-0.4, -0.2) is 23.1 Å². The summed E-state index contributed by atoms with van der Waals surface area (Å²) in [5.41, 5.74) is 5.17. The lowest BCUT2D eigenvalue weighted by atomic mass is 10.1. The number of aliphatic hydroxyl groups is 1. The van der Waals surface area contributed by atoms with Gasteiger partial charge in [-0.1, -0.05) is 6.07 Å². The minimum Gasteiger partial charge on any atom is -0.478 e. The molecule has 104 valence electrons. The Balaban J connectivity index is 2.77. The Bertz CT molecular complexity index is 491. The van der Waals surface area contributed by atoms with Crippen molar-refractivity contribution >= 4 is 11.9 Å². The molecule has 0 spiro atoms. The van der Waals surface area contributed by atoms with Gasteiger partial charge in [-0.2, -0.15) is 0 Å². The fourth-order valence-electron chi connectivity index (χ4n) is 1.34. The molecule has 3 amide bonds. The summed E-state index contributed by atoms with van der Waals surface area (Å²) in [5.74, 6) is -1.64. The number of urea groups is 1. The zero-order valence-electron chi connectivity index (χ0n) is 10.5. The van der Waals surface area contributed by atoms with E-state index < -0.39 is 30.0 Å². The summed E-state index contributed by atoms with van der Waals surface area (Å²) in [4.78, 5) is 21.8. The Morgan fingerprint density at radius 1 is 1.42 bits per heavy atom. The number of amides is 3. The van der Waals surface area contributed by atoms with E-state index in [0.29, 0.717) is 5.56 Å². The number of benzene rings is 1. The summed E-state index contributed by atoms with van der Waals surface area (Å²) in [6.45, 7) is 2.85. The van der Waals surface area contributed by atoms with Gasteiger partial charge in [0.15, 0.2) is 17.7 Å². The standard InChI is InChI=1S/C12H15FN2O4/c1-6(16)8-3-4-10(9(13)5-8)19-7(2)11(17)15-12(14)18/h3-7,16H,1-2H3,(H3,14,15,17,18)/t6-,7?/m1/s1. The molecule has 1 unspecified atom stereocenters. The third-order valence-corrected chi connectivity index (χ3v) is 2.36. The van der Waals surface area contributed by atoms with Crippen LogP contribution < -0.4 is 15.8 Å². The van der Waals surface area contributed by atoms with Crippen LogP contribution in [0.1, 0.15) is 25.5 Å². The number of nitrogens with two attached hydrogens (primary N) is 1. The van der Waals surface area contributed by atoms with Gasteiger partial charge in [-0.05, 0) is 31.5 Å². The number of carbonyl (C=O) groups is 2. The van der Waals surface area contributed by atoms with Crippen LogP contribution in [0.25, 0.3) is 0 Å². The second kappa shape index (κ2) is 6.14. The lowest BCUT2D eigenvalue weighted by Gasteiger charge is -2.15. The van der Waals surface area contributed by atoms with Crippen molar-refractivity contribution in [3.8, 4) is 5.75 Å². The Hall–Kier alpha value is -2.15. The average molecular weight is 270 g/mol. The summed E-state index contributed by atoms with van der Waals surface area (Å²) in [7, 11) is 0. The molecule has 0 heterocycles. The molecule has 1 aromatic rings. The molecule has 0 aliphatic heterocycles. The molecule has 0 radical (unpaired) electrons. The summed E-state index contributed by atoms with van der Waals surface area (Å²) in [5, 5.41) is 11.1. The number of imide groups is 1. The second-order valence-corrected chi connectivity index (χ2v) is 3.98. The minimum atomic E-state index is -1.08. The van der Waals surface area contributed by atoms with Crippen molar-refractivity contribution in [1.82, 2.24) is 5.32 Å². The Morgan fingerprint density at radius 2 is 2.05 bits per heavy atom.